The Morgan fingerprint density at radius 2 is 1.56 bits per heavy atom. The number of pyridine rings is 1. The Balaban J connectivity index is 1.47. The van der Waals surface area contributed by atoms with Gasteiger partial charge in [0, 0.05) is 30.7 Å². The number of aromatic nitrogens is 2. The first-order valence-electron chi connectivity index (χ1n) is 13.0. The van der Waals surface area contributed by atoms with Crippen LogP contribution in [0.4, 0.5) is 13.2 Å². The molecule has 0 spiro atoms. The van der Waals surface area contributed by atoms with Crippen LogP contribution in [0.15, 0.2) is 94.7 Å². The summed E-state index contributed by atoms with van der Waals surface area (Å²) in [6.45, 7) is 3.15. The summed E-state index contributed by atoms with van der Waals surface area (Å²) in [5.74, 6) is 0. The molecule has 3 aromatic carbocycles. The number of fused-ring (bicyclic) bond motifs is 3. The molecule has 0 unspecified atom stereocenters. The highest BCUT2D eigenvalue weighted by Gasteiger charge is 2.31. The number of aryl methyl sites for hydroxylation is 1. The van der Waals surface area contributed by atoms with Crippen molar-refractivity contribution in [2.75, 3.05) is 13.6 Å². The van der Waals surface area contributed by atoms with Gasteiger partial charge in [-0.1, -0.05) is 35.9 Å². The standard InChI is InChI=1S/C31H26F3N3O3S/c1-20-3-10-25(11-4-20)41(39,40)37-28-18-24(9-12-26(28)27-14-15-35(2)19-29(27)37)36-16-13-22(17-30(36)38)21-5-7-23(8-6-21)31(32,33)34/h3-13,16-18H,14-15,19H2,1-2H3. The molecule has 210 valence electrons. The molecule has 5 aromatic rings. The topological polar surface area (TPSA) is 64.3 Å². The van der Waals surface area contributed by atoms with Crippen molar-refractivity contribution >= 4 is 20.9 Å². The fraction of sp³-hybridized carbons (Fsp3) is 0.194. The van der Waals surface area contributed by atoms with E-state index in [1.165, 1.54) is 26.7 Å². The summed E-state index contributed by atoms with van der Waals surface area (Å²) in [5.41, 5.74) is 3.39. The Bertz CT molecular complexity index is 1960. The van der Waals surface area contributed by atoms with Crippen molar-refractivity contribution in [3.8, 4) is 16.8 Å². The van der Waals surface area contributed by atoms with Crippen LogP contribution in [-0.2, 0) is 29.2 Å². The normalized spacial score (nSPS) is 14.4. The van der Waals surface area contributed by atoms with Gasteiger partial charge in [0.1, 0.15) is 0 Å². The lowest BCUT2D eigenvalue weighted by Crippen LogP contribution is -2.29. The summed E-state index contributed by atoms with van der Waals surface area (Å²) in [6, 6.07) is 19.7. The van der Waals surface area contributed by atoms with Crippen LogP contribution in [0.5, 0.6) is 0 Å². The third-order valence-corrected chi connectivity index (χ3v) is 9.35. The molecule has 1 aliphatic heterocycles. The molecule has 0 atom stereocenters. The largest absolute Gasteiger partial charge is 0.416 e. The molecule has 0 saturated carbocycles. The molecule has 0 radical (unpaired) electrons. The fourth-order valence-electron chi connectivity index (χ4n) is 5.41. The molecule has 1 aliphatic rings. The minimum Gasteiger partial charge on any atom is -0.300 e. The maximum atomic E-state index is 14.0. The van der Waals surface area contributed by atoms with Gasteiger partial charge in [-0.2, -0.15) is 13.2 Å². The summed E-state index contributed by atoms with van der Waals surface area (Å²) in [4.78, 5) is 15.5. The molecule has 6 rings (SSSR count). The summed E-state index contributed by atoms with van der Waals surface area (Å²) >= 11 is 0. The van der Waals surface area contributed by atoms with Crippen LogP contribution in [0.3, 0.4) is 0 Å². The van der Waals surface area contributed by atoms with E-state index in [1.54, 1.807) is 48.7 Å². The van der Waals surface area contributed by atoms with Gasteiger partial charge in [0.2, 0.25) is 0 Å². The minimum atomic E-state index is -4.44. The van der Waals surface area contributed by atoms with Crippen molar-refractivity contribution < 1.29 is 21.6 Å². The second kappa shape index (κ2) is 9.74. The first-order chi connectivity index (χ1) is 19.4. The Morgan fingerprint density at radius 3 is 2.22 bits per heavy atom. The molecule has 0 bridgehead atoms. The van der Waals surface area contributed by atoms with E-state index in [9.17, 15) is 26.4 Å². The van der Waals surface area contributed by atoms with Crippen LogP contribution in [0.2, 0.25) is 0 Å². The van der Waals surface area contributed by atoms with Gasteiger partial charge >= 0.3 is 6.18 Å². The number of likely N-dealkylation sites (N-methyl/N-ethyl adjacent to an activating group) is 1. The van der Waals surface area contributed by atoms with Crippen LogP contribution in [0.25, 0.3) is 27.7 Å². The highest BCUT2D eigenvalue weighted by molar-refractivity contribution is 7.90. The predicted molar refractivity (Wildman–Crippen MR) is 152 cm³/mol. The molecule has 0 N–H and O–H groups in total. The quantitative estimate of drug-likeness (QED) is 0.263. The van der Waals surface area contributed by atoms with Gasteiger partial charge in [-0.25, -0.2) is 12.4 Å². The Hall–Kier alpha value is -4.15. The smallest absolute Gasteiger partial charge is 0.300 e. The summed E-state index contributed by atoms with van der Waals surface area (Å²) in [5, 5.41) is 0.821. The van der Waals surface area contributed by atoms with E-state index < -0.39 is 27.3 Å². The van der Waals surface area contributed by atoms with Crippen LogP contribution in [0, 0.1) is 6.92 Å². The zero-order chi connectivity index (χ0) is 29.1. The molecule has 2 aromatic heterocycles. The second-order valence-corrected chi connectivity index (χ2v) is 12.2. The lowest BCUT2D eigenvalue weighted by molar-refractivity contribution is -0.137. The van der Waals surface area contributed by atoms with Crippen LogP contribution in [-0.4, -0.2) is 35.4 Å². The SMILES string of the molecule is Cc1ccc(S(=O)(=O)n2c3c(c4ccc(-n5ccc(-c6ccc(C(F)(F)F)cc6)cc5=O)cc42)CCN(C)C3)cc1. The maximum absolute atomic E-state index is 14.0. The zero-order valence-corrected chi connectivity index (χ0v) is 23.1. The van der Waals surface area contributed by atoms with Gasteiger partial charge in [-0.05, 0) is 79.5 Å². The Morgan fingerprint density at radius 1 is 0.854 bits per heavy atom. The van der Waals surface area contributed by atoms with Crippen molar-refractivity contribution in [1.82, 2.24) is 13.4 Å². The lowest BCUT2D eigenvalue weighted by Gasteiger charge is -2.24. The number of rotatable bonds is 4. The van der Waals surface area contributed by atoms with Gasteiger partial charge in [-0.15, -0.1) is 0 Å². The number of hydrogen-bond donors (Lipinski definition) is 0. The molecule has 0 saturated heterocycles. The monoisotopic (exact) mass is 577 g/mol. The van der Waals surface area contributed by atoms with Crippen LogP contribution < -0.4 is 5.56 Å². The number of benzene rings is 3. The Labute approximate surface area is 234 Å². The van der Waals surface area contributed by atoms with Crippen molar-refractivity contribution in [3.05, 3.63) is 118 Å². The molecule has 41 heavy (non-hydrogen) atoms. The Kier molecular flexibility index (Phi) is 6.43. The summed E-state index contributed by atoms with van der Waals surface area (Å²) in [7, 11) is -2.00. The van der Waals surface area contributed by atoms with Crippen molar-refractivity contribution in [2.24, 2.45) is 0 Å². The highest BCUT2D eigenvalue weighted by Crippen LogP contribution is 2.35. The van der Waals surface area contributed by atoms with E-state index in [-0.39, 0.29) is 4.90 Å². The van der Waals surface area contributed by atoms with E-state index in [1.807, 2.05) is 20.0 Å². The average Bonchev–Trinajstić information content (AvgIpc) is 3.26. The van der Waals surface area contributed by atoms with E-state index in [2.05, 4.69) is 4.90 Å². The number of alkyl halides is 3. The minimum absolute atomic E-state index is 0.180. The number of halogens is 3. The first kappa shape index (κ1) is 27.0. The van der Waals surface area contributed by atoms with E-state index in [0.29, 0.717) is 41.0 Å². The average molecular weight is 578 g/mol. The molecule has 0 aliphatic carbocycles. The van der Waals surface area contributed by atoms with Gasteiger partial charge < -0.3 is 4.90 Å². The van der Waals surface area contributed by atoms with Crippen molar-refractivity contribution in [1.29, 1.82) is 0 Å². The van der Waals surface area contributed by atoms with Crippen molar-refractivity contribution in [2.45, 2.75) is 31.0 Å². The predicted octanol–water partition coefficient (Wildman–Crippen LogP) is 6.01. The molecule has 3 heterocycles. The molecule has 0 amide bonds. The van der Waals surface area contributed by atoms with Gasteiger partial charge in [0.15, 0.2) is 0 Å². The van der Waals surface area contributed by atoms with Gasteiger partial charge in [0.25, 0.3) is 15.6 Å². The fourth-order valence-corrected chi connectivity index (χ4v) is 6.97. The third kappa shape index (κ3) is 4.76. The second-order valence-electron chi connectivity index (χ2n) is 10.4. The third-order valence-electron chi connectivity index (χ3n) is 7.58. The molecular formula is C31H26F3N3O3S. The molecular weight excluding hydrogens is 551 g/mol. The van der Waals surface area contributed by atoms with E-state index >= 15 is 0 Å². The number of nitrogens with zero attached hydrogens (tertiary/aromatic N) is 3. The highest BCUT2D eigenvalue weighted by atomic mass is 32.2. The molecule has 0 fully saturated rings. The molecule has 10 heteroatoms. The maximum Gasteiger partial charge on any atom is 0.416 e. The van der Waals surface area contributed by atoms with E-state index in [0.717, 1.165) is 35.2 Å². The summed E-state index contributed by atoms with van der Waals surface area (Å²) < 4.78 is 69.7. The molecule has 6 nitrogen and oxygen atoms in total. The summed E-state index contributed by atoms with van der Waals surface area (Å²) in [6.07, 6.45) is -2.20. The van der Waals surface area contributed by atoms with Gasteiger partial charge in [-0.3, -0.25) is 9.36 Å². The van der Waals surface area contributed by atoms with E-state index in [4.69, 9.17) is 0 Å². The zero-order valence-electron chi connectivity index (χ0n) is 22.3. The van der Waals surface area contributed by atoms with Crippen LogP contribution >= 0.6 is 0 Å². The number of hydrogen-bond acceptors (Lipinski definition) is 4. The van der Waals surface area contributed by atoms with Crippen LogP contribution in [0.1, 0.15) is 22.4 Å². The lowest BCUT2D eigenvalue weighted by atomic mass is 10.0. The van der Waals surface area contributed by atoms with Gasteiger partial charge in [0.05, 0.1) is 27.4 Å². The van der Waals surface area contributed by atoms with Crippen molar-refractivity contribution in [3.63, 3.8) is 0 Å². The first-order valence-corrected chi connectivity index (χ1v) is 14.5.